The van der Waals surface area contributed by atoms with Gasteiger partial charge in [-0.1, -0.05) is 11.6 Å². The largest absolute Gasteiger partial charge is 0.573 e. The van der Waals surface area contributed by atoms with Crippen molar-refractivity contribution in [3.63, 3.8) is 0 Å². The van der Waals surface area contributed by atoms with Gasteiger partial charge in [0, 0.05) is 17.7 Å². The molecule has 2 heterocycles. The molecule has 130 valence electrons. The maximum absolute atomic E-state index is 12.2. The summed E-state index contributed by atoms with van der Waals surface area (Å²) in [5.41, 5.74) is 1.30. The van der Waals surface area contributed by atoms with Gasteiger partial charge in [-0.05, 0) is 31.2 Å². The molecule has 25 heavy (non-hydrogen) atoms. The number of hydrogen-bond donors (Lipinski definition) is 1. The molecular formula is C15H10ClF3N4O2. The van der Waals surface area contributed by atoms with Crippen molar-refractivity contribution in [2.45, 2.75) is 13.3 Å². The van der Waals surface area contributed by atoms with E-state index in [0.717, 1.165) is 12.1 Å². The number of alkyl halides is 3. The van der Waals surface area contributed by atoms with Crippen molar-refractivity contribution in [1.29, 1.82) is 0 Å². The van der Waals surface area contributed by atoms with Crippen molar-refractivity contribution in [3.8, 4) is 5.75 Å². The molecule has 0 aliphatic heterocycles. The molecule has 1 aromatic carbocycles. The lowest BCUT2D eigenvalue weighted by atomic mass is 10.2. The van der Waals surface area contributed by atoms with E-state index in [1.54, 1.807) is 13.0 Å². The normalized spacial score (nSPS) is 11.6. The van der Waals surface area contributed by atoms with Crippen LogP contribution in [0.3, 0.4) is 0 Å². The summed E-state index contributed by atoms with van der Waals surface area (Å²) in [5.74, 6) is -0.776. The topological polar surface area (TPSA) is 68.5 Å². The van der Waals surface area contributed by atoms with E-state index in [1.807, 2.05) is 0 Å². The number of carbonyl (C=O) groups is 1. The molecule has 0 aliphatic carbocycles. The van der Waals surface area contributed by atoms with Crippen LogP contribution in [0.2, 0.25) is 5.15 Å². The zero-order valence-electron chi connectivity index (χ0n) is 12.6. The maximum atomic E-state index is 12.2. The zero-order valence-corrected chi connectivity index (χ0v) is 13.4. The quantitative estimate of drug-likeness (QED) is 0.711. The third kappa shape index (κ3) is 4.00. The fourth-order valence-electron chi connectivity index (χ4n) is 2.11. The van der Waals surface area contributed by atoms with E-state index < -0.39 is 18.0 Å². The highest BCUT2D eigenvalue weighted by molar-refractivity contribution is 6.30. The van der Waals surface area contributed by atoms with Gasteiger partial charge < -0.3 is 10.1 Å². The highest BCUT2D eigenvalue weighted by atomic mass is 35.5. The number of nitrogens with one attached hydrogen (secondary N) is 1. The number of rotatable bonds is 3. The van der Waals surface area contributed by atoms with Crippen molar-refractivity contribution >= 4 is 29.0 Å². The molecule has 0 fully saturated rings. The predicted molar refractivity (Wildman–Crippen MR) is 83.8 cm³/mol. The number of aromatic nitrogens is 3. The first-order valence-corrected chi connectivity index (χ1v) is 7.29. The smallest absolute Gasteiger partial charge is 0.406 e. The molecule has 0 atom stereocenters. The molecule has 6 nitrogen and oxygen atoms in total. The average Bonchev–Trinajstić information content (AvgIpc) is 2.87. The van der Waals surface area contributed by atoms with E-state index in [2.05, 4.69) is 20.1 Å². The van der Waals surface area contributed by atoms with Crippen LogP contribution in [0.15, 0.2) is 36.4 Å². The maximum Gasteiger partial charge on any atom is 0.573 e. The van der Waals surface area contributed by atoms with E-state index in [-0.39, 0.29) is 16.5 Å². The van der Waals surface area contributed by atoms with E-state index in [1.165, 1.54) is 22.7 Å². The van der Waals surface area contributed by atoms with Crippen LogP contribution in [-0.4, -0.2) is 26.9 Å². The van der Waals surface area contributed by atoms with Gasteiger partial charge in [-0.25, -0.2) is 9.50 Å². The Hall–Kier alpha value is -2.81. The lowest BCUT2D eigenvalue weighted by Crippen LogP contribution is -2.17. The first-order chi connectivity index (χ1) is 11.7. The van der Waals surface area contributed by atoms with Crippen LogP contribution in [-0.2, 0) is 0 Å². The number of anilines is 1. The van der Waals surface area contributed by atoms with Crippen molar-refractivity contribution < 1.29 is 22.7 Å². The van der Waals surface area contributed by atoms with Crippen molar-refractivity contribution in [3.05, 3.63) is 52.8 Å². The lowest BCUT2D eigenvalue weighted by Gasteiger charge is -2.09. The molecule has 0 unspecified atom stereocenters. The second kappa shape index (κ2) is 6.25. The third-order valence-corrected chi connectivity index (χ3v) is 3.37. The second-order valence-corrected chi connectivity index (χ2v) is 5.43. The number of amides is 1. The number of ether oxygens (including phenoxy) is 1. The van der Waals surface area contributed by atoms with Crippen LogP contribution in [0.25, 0.3) is 5.65 Å². The number of aryl methyl sites for hydroxylation is 1. The van der Waals surface area contributed by atoms with Gasteiger partial charge in [0.15, 0.2) is 5.65 Å². The Morgan fingerprint density at radius 2 is 1.92 bits per heavy atom. The molecule has 10 heteroatoms. The van der Waals surface area contributed by atoms with Gasteiger partial charge in [0.05, 0.1) is 5.69 Å². The van der Waals surface area contributed by atoms with E-state index in [4.69, 9.17) is 11.6 Å². The van der Waals surface area contributed by atoms with Crippen LogP contribution in [0.5, 0.6) is 5.75 Å². The van der Waals surface area contributed by atoms with Crippen molar-refractivity contribution in [2.75, 3.05) is 5.32 Å². The molecule has 0 aliphatic rings. The SMILES string of the molecule is Cc1cc2nc(NC(=O)c3ccc(OC(F)(F)F)cc3)cc(Cl)n2n1. The summed E-state index contributed by atoms with van der Waals surface area (Å²) in [6.07, 6.45) is -4.79. The van der Waals surface area contributed by atoms with E-state index >= 15 is 0 Å². The number of nitrogens with zero attached hydrogens (tertiary/aromatic N) is 3. The minimum Gasteiger partial charge on any atom is -0.406 e. The minimum atomic E-state index is -4.79. The first kappa shape index (κ1) is 17.0. The summed E-state index contributed by atoms with van der Waals surface area (Å²) >= 11 is 6.07. The van der Waals surface area contributed by atoms with Crippen molar-refractivity contribution in [2.24, 2.45) is 0 Å². The van der Waals surface area contributed by atoms with Gasteiger partial charge in [-0.3, -0.25) is 4.79 Å². The molecule has 3 rings (SSSR count). The number of hydrogen-bond acceptors (Lipinski definition) is 4. The van der Waals surface area contributed by atoms with Crippen LogP contribution in [0.1, 0.15) is 16.1 Å². The highest BCUT2D eigenvalue weighted by Gasteiger charge is 2.31. The summed E-state index contributed by atoms with van der Waals surface area (Å²) in [6.45, 7) is 1.77. The van der Waals surface area contributed by atoms with Gasteiger partial charge in [-0.2, -0.15) is 5.10 Å². The van der Waals surface area contributed by atoms with Crippen molar-refractivity contribution in [1.82, 2.24) is 14.6 Å². The molecule has 0 saturated carbocycles. The summed E-state index contributed by atoms with van der Waals surface area (Å²) in [4.78, 5) is 16.4. The molecule has 3 aromatic rings. The van der Waals surface area contributed by atoms with Crippen LogP contribution < -0.4 is 10.1 Å². The summed E-state index contributed by atoms with van der Waals surface area (Å²) < 4.78 is 41.5. The molecule has 1 N–H and O–H groups in total. The van der Waals surface area contributed by atoms with Gasteiger partial charge in [0.2, 0.25) is 0 Å². The molecule has 0 saturated heterocycles. The molecule has 0 radical (unpaired) electrons. The molecular weight excluding hydrogens is 361 g/mol. The van der Waals surface area contributed by atoms with Crippen LogP contribution in [0, 0.1) is 6.92 Å². The molecule has 2 aromatic heterocycles. The van der Waals surface area contributed by atoms with Gasteiger partial charge in [-0.15, -0.1) is 13.2 Å². The van der Waals surface area contributed by atoms with Crippen LogP contribution in [0.4, 0.5) is 19.0 Å². The number of benzene rings is 1. The Balaban J connectivity index is 1.78. The van der Waals surface area contributed by atoms with Crippen LogP contribution >= 0.6 is 11.6 Å². The molecule has 1 amide bonds. The number of fused-ring (bicyclic) bond motifs is 1. The Bertz CT molecular complexity index is 938. The highest BCUT2D eigenvalue weighted by Crippen LogP contribution is 2.23. The Morgan fingerprint density at radius 3 is 2.56 bits per heavy atom. The van der Waals surface area contributed by atoms with E-state index in [9.17, 15) is 18.0 Å². The molecule has 0 spiro atoms. The number of carbonyl (C=O) groups excluding carboxylic acids is 1. The fourth-order valence-corrected chi connectivity index (χ4v) is 2.34. The van der Waals surface area contributed by atoms with Gasteiger partial charge >= 0.3 is 6.36 Å². The van der Waals surface area contributed by atoms with E-state index in [0.29, 0.717) is 11.3 Å². The summed E-state index contributed by atoms with van der Waals surface area (Å²) in [6, 6.07) is 7.61. The van der Waals surface area contributed by atoms with Gasteiger partial charge in [0.25, 0.3) is 5.91 Å². The summed E-state index contributed by atoms with van der Waals surface area (Å²) in [7, 11) is 0. The Morgan fingerprint density at radius 1 is 1.24 bits per heavy atom. The van der Waals surface area contributed by atoms with Gasteiger partial charge in [0.1, 0.15) is 16.7 Å². The lowest BCUT2D eigenvalue weighted by molar-refractivity contribution is -0.274. The summed E-state index contributed by atoms with van der Waals surface area (Å²) in [5, 5.41) is 6.92. The second-order valence-electron chi connectivity index (χ2n) is 5.05. The minimum absolute atomic E-state index is 0.136. The predicted octanol–water partition coefficient (Wildman–Crippen LogP) is 3.84. The zero-order chi connectivity index (χ0) is 18.2. The Labute approximate surface area is 144 Å². The average molecular weight is 371 g/mol. The monoisotopic (exact) mass is 370 g/mol. The molecule has 0 bridgehead atoms. The number of halogens is 4. The third-order valence-electron chi connectivity index (χ3n) is 3.10. The fraction of sp³-hybridized carbons (Fsp3) is 0.133. The first-order valence-electron chi connectivity index (χ1n) is 6.91. The Kier molecular flexibility index (Phi) is 4.25. The standard InChI is InChI=1S/C15H10ClF3N4O2/c1-8-6-13-20-12(7-11(16)23(13)22-8)21-14(24)9-2-4-10(5-3-9)25-15(17,18)19/h2-7H,1H3,(H,20,21,24).